The molecule has 3 aromatic carbocycles. The maximum atomic E-state index is 10.7. The number of benzene rings is 3. The smallest absolute Gasteiger partial charge is 0.150 e. The summed E-state index contributed by atoms with van der Waals surface area (Å²) in [5.74, 6) is 0.602. The third-order valence-corrected chi connectivity index (χ3v) is 5.11. The number of aliphatic hydroxyl groups excluding tert-OH is 1. The van der Waals surface area contributed by atoms with Gasteiger partial charge in [-0.15, -0.1) is 0 Å². The van der Waals surface area contributed by atoms with Crippen LogP contribution in [0.4, 0.5) is 0 Å². The Balaban J connectivity index is 1.60. The van der Waals surface area contributed by atoms with Gasteiger partial charge in [0.1, 0.15) is 24.7 Å². The van der Waals surface area contributed by atoms with Crippen molar-refractivity contribution in [2.24, 2.45) is 0 Å². The Labute approximate surface area is 171 Å². The monoisotopic (exact) mass is 413 g/mol. The van der Waals surface area contributed by atoms with E-state index in [1.54, 1.807) is 24.3 Å². The number of aliphatic hydroxyl groups is 1. The van der Waals surface area contributed by atoms with Gasteiger partial charge in [-0.1, -0.05) is 23.2 Å². The van der Waals surface area contributed by atoms with Crippen LogP contribution < -0.4 is 4.74 Å². The van der Waals surface area contributed by atoms with Crippen molar-refractivity contribution in [3.8, 4) is 5.75 Å². The summed E-state index contributed by atoms with van der Waals surface area (Å²) in [5, 5.41) is 13.8. The van der Waals surface area contributed by atoms with Crippen LogP contribution in [0.5, 0.6) is 5.75 Å². The van der Waals surface area contributed by atoms with Crippen LogP contribution in [0.15, 0.2) is 60.7 Å². The fourth-order valence-electron chi connectivity index (χ4n) is 3.34. The van der Waals surface area contributed by atoms with Gasteiger partial charge >= 0.3 is 0 Å². The molecule has 0 fully saturated rings. The molecule has 1 unspecified atom stereocenters. The van der Waals surface area contributed by atoms with Crippen LogP contribution in [0.3, 0.4) is 0 Å². The molecule has 0 aliphatic rings. The second kappa shape index (κ2) is 7.84. The molecule has 4 nitrogen and oxygen atoms in total. The van der Waals surface area contributed by atoms with Gasteiger partial charge < -0.3 is 14.4 Å². The van der Waals surface area contributed by atoms with Gasteiger partial charge in [-0.25, -0.2) is 0 Å². The normalized spacial score (nSPS) is 12.4. The van der Waals surface area contributed by atoms with Crippen molar-refractivity contribution in [2.45, 2.75) is 12.6 Å². The molecule has 1 aromatic heterocycles. The molecule has 0 aliphatic carbocycles. The predicted octanol–water partition coefficient (Wildman–Crippen LogP) is 5.35. The van der Waals surface area contributed by atoms with Crippen molar-refractivity contribution in [1.29, 1.82) is 0 Å². The molecule has 0 amide bonds. The number of hydrogen-bond donors (Lipinski definition) is 1. The first-order chi connectivity index (χ1) is 13.5. The lowest BCUT2D eigenvalue weighted by molar-refractivity contribution is 0.0944. The summed E-state index contributed by atoms with van der Waals surface area (Å²) in [6.07, 6.45) is 0.0512. The lowest BCUT2D eigenvalue weighted by Gasteiger charge is -2.15. The molecule has 0 spiro atoms. The highest BCUT2D eigenvalue weighted by atomic mass is 35.5. The van der Waals surface area contributed by atoms with Gasteiger partial charge in [0.15, 0.2) is 0 Å². The molecule has 0 bridgehead atoms. The lowest BCUT2D eigenvalue weighted by atomic mass is 10.1. The van der Waals surface area contributed by atoms with E-state index in [0.717, 1.165) is 28.1 Å². The van der Waals surface area contributed by atoms with Crippen LogP contribution in [0.1, 0.15) is 10.4 Å². The van der Waals surface area contributed by atoms with Crippen LogP contribution >= 0.6 is 23.2 Å². The maximum absolute atomic E-state index is 10.7. The molecule has 4 aromatic rings. The zero-order valence-corrected chi connectivity index (χ0v) is 16.3. The van der Waals surface area contributed by atoms with Crippen LogP contribution in [0.25, 0.3) is 21.8 Å². The van der Waals surface area contributed by atoms with E-state index in [4.69, 9.17) is 27.9 Å². The number of carbonyl (C=O) groups excluding carboxylic acids is 1. The highest BCUT2D eigenvalue weighted by molar-refractivity contribution is 6.33. The van der Waals surface area contributed by atoms with Gasteiger partial charge in [0.2, 0.25) is 0 Å². The minimum absolute atomic E-state index is 0.128. The lowest BCUT2D eigenvalue weighted by Crippen LogP contribution is -2.23. The van der Waals surface area contributed by atoms with Gasteiger partial charge in [-0.2, -0.15) is 0 Å². The molecular weight excluding hydrogens is 397 g/mol. The Kier molecular flexibility index (Phi) is 5.27. The molecule has 0 saturated carbocycles. The molecule has 142 valence electrons. The van der Waals surface area contributed by atoms with E-state index in [1.807, 2.05) is 41.0 Å². The van der Waals surface area contributed by atoms with E-state index in [1.165, 1.54) is 0 Å². The molecule has 1 atom stereocenters. The summed E-state index contributed by atoms with van der Waals surface area (Å²) >= 11 is 12.4. The van der Waals surface area contributed by atoms with Gasteiger partial charge in [0.05, 0.1) is 6.54 Å². The van der Waals surface area contributed by atoms with Crippen molar-refractivity contribution < 1.29 is 14.6 Å². The average Bonchev–Trinajstić information content (AvgIpc) is 2.99. The van der Waals surface area contributed by atoms with Crippen molar-refractivity contribution in [1.82, 2.24) is 4.57 Å². The molecule has 6 heteroatoms. The molecule has 1 N–H and O–H groups in total. The number of halogens is 2. The van der Waals surface area contributed by atoms with E-state index < -0.39 is 6.10 Å². The Bertz CT molecular complexity index is 1090. The van der Waals surface area contributed by atoms with Crippen LogP contribution in [0, 0.1) is 0 Å². The van der Waals surface area contributed by atoms with E-state index in [-0.39, 0.29) is 6.61 Å². The number of fused-ring (bicyclic) bond motifs is 3. The van der Waals surface area contributed by atoms with E-state index >= 15 is 0 Å². The van der Waals surface area contributed by atoms with Crippen molar-refractivity contribution >= 4 is 51.3 Å². The molecule has 28 heavy (non-hydrogen) atoms. The van der Waals surface area contributed by atoms with Crippen LogP contribution in [-0.2, 0) is 6.54 Å². The molecule has 0 saturated heterocycles. The van der Waals surface area contributed by atoms with Crippen molar-refractivity contribution in [3.05, 3.63) is 76.3 Å². The van der Waals surface area contributed by atoms with E-state index in [9.17, 15) is 9.90 Å². The quantitative estimate of drug-likeness (QED) is 0.433. The molecule has 0 radical (unpaired) electrons. The Morgan fingerprint density at radius 3 is 2.04 bits per heavy atom. The Hall–Kier alpha value is -2.53. The Morgan fingerprint density at radius 2 is 1.50 bits per heavy atom. The molecule has 1 heterocycles. The van der Waals surface area contributed by atoms with Gasteiger partial charge in [-0.05, 0) is 60.7 Å². The summed E-state index contributed by atoms with van der Waals surface area (Å²) in [6.45, 7) is 0.485. The fourth-order valence-corrected chi connectivity index (χ4v) is 3.69. The predicted molar refractivity (Wildman–Crippen MR) is 113 cm³/mol. The number of hydrogen-bond acceptors (Lipinski definition) is 3. The summed E-state index contributed by atoms with van der Waals surface area (Å²) in [7, 11) is 0. The topological polar surface area (TPSA) is 51.5 Å². The number of nitrogens with zero attached hydrogens (tertiary/aromatic N) is 1. The molecular formula is C22H17Cl2NO3. The summed E-state index contributed by atoms with van der Waals surface area (Å²) in [5.41, 5.74) is 2.52. The van der Waals surface area contributed by atoms with Gasteiger partial charge in [-0.3, -0.25) is 4.79 Å². The maximum Gasteiger partial charge on any atom is 0.150 e. The number of aromatic nitrogens is 1. The van der Waals surface area contributed by atoms with E-state index in [0.29, 0.717) is 27.9 Å². The second-order valence-corrected chi connectivity index (χ2v) is 7.46. The molecule has 4 rings (SSSR count). The largest absolute Gasteiger partial charge is 0.491 e. The number of carbonyl (C=O) groups is 1. The fraction of sp³-hybridized carbons (Fsp3) is 0.136. The standard InChI is InChI=1S/C22H17Cl2NO3/c23-15-3-7-21-19(9-15)20-10-16(24)4-8-22(20)25(21)11-17(27)13-28-18-5-1-14(12-26)2-6-18/h1-10,12,17,27H,11,13H2. The van der Waals surface area contributed by atoms with Gasteiger partial charge in [0.25, 0.3) is 0 Å². The third kappa shape index (κ3) is 3.72. The molecule has 0 aliphatic heterocycles. The minimum Gasteiger partial charge on any atom is -0.491 e. The highest BCUT2D eigenvalue weighted by Gasteiger charge is 2.15. The number of rotatable bonds is 6. The number of aldehydes is 1. The van der Waals surface area contributed by atoms with Crippen LogP contribution in [-0.4, -0.2) is 28.7 Å². The van der Waals surface area contributed by atoms with Gasteiger partial charge in [0, 0.05) is 37.4 Å². The number of ether oxygens (including phenoxy) is 1. The summed E-state index contributed by atoms with van der Waals surface area (Å²) in [4.78, 5) is 10.7. The summed E-state index contributed by atoms with van der Waals surface area (Å²) < 4.78 is 7.70. The van der Waals surface area contributed by atoms with Crippen molar-refractivity contribution in [3.63, 3.8) is 0 Å². The Morgan fingerprint density at radius 1 is 0.929 bits per heavy atom. The SMILES string of the molecule is O=Cc1ccc(OCC(O)Cn2c3ccc(Cl)cc3c3cc(Cl)ccc32)cc1. The first kappa shape index (κ1) is 18.8. The van der Waals surface area contributed by atoms with Crippen molar-refractivity contribution in [2.75, 3.05) is 6.61 Å². The first-order valence-electron chi connectivity index (χ1n) is 8.78. The highest BCUT2D eigenvalue weighted by Crippen LogP contribution is 2.33. The van der Waals surface area contributed by atoms with Crippen LogP contribution in [0.2, 0.25) is 10.0 Å². The first-order valence-corrected chi connectivity index (χ1v) is 9.54. The third-order valence-electron chi connectivity index (χ3n) is 4.64. The summed E-state index contributed by atoms with van der Waals surface area (Å²) in [6, 6.07) is 18.1. The zero-order valence-electron chi connectivity index (χ0n) is 14.8. The zero-order chi connectivity index (χ0) is 19.7. The second-order valence-electron chi connectivity index (χ2n) is 6.59. The minimum atomic E-state index is -0.726. The average molecular weight is 414 g/mol. The van der Waals surface area contributed by atoms with E-state index in [2.05, 4.69) is 0 Å².